The van der Waals surface area contributed by atoms with Crippen molar-refractivity contribution in [3.63, 3.8) is 0 Å². The number of aromatic nitrogens is 2. The lowest BCUT2D eigenvalue weighted by molar-refractivity contribution is 0.0955. The van der Waals surface area contributed by atoms with Gasteiger partial charge in [0.1, 0.15) is 5.82 Å². The van der Waals surface area contributed by atoms with Gasteiger partial charge >= 0.3 is 0 Å². The van der Waals surface area contributed by atoms with Crippen molar-refractivity contribution in [3.05, 3.63) is 105 Å². The lowest BCUT2D eigenvalue weighted by Crippen LogP contribution is -2.57. The average Bonchev–Trinajstić information content (AvgIpc) is 3.11. The van der Waals surface area contributed by atoms with E-state index in [1.165, 1.54) is 6.07 Å². The van der Waals surface area contributed by atoms with Gasteiger partial charge in [-0.3, -0.25) is 20.5 Å². The van der Waals surface area contributed by atoms with Crippen LogP contribution in [0.5, 0.6) is 0 Å². The summed E-state index contributed by atoms with van der Waals surface area (Å²) in [6, 6.07) is 19.6. The maximum absolute atomic E-state index is 14.8. The fourth-order valence-electron chi connectivity index (χ4n) is 5.34. The van der Waals surface area contributed by atoms with Gasteiger partial charge in [0.25, 0.3) is 5.91 Å². The smallest absolute Gasteiger partial charge is 0.257 e. The zero-order valence-electron chi connectivity index (χ0n) is 23.7. The van der Waals surface area contributed by atoms with E-state index in [9.17, 15) is 9.18 Å². The molecule has 0 atom stereocenters. The van der Waals surface area contributed by atoms with Crippen molar-refractivity contribution in [3.8, 4) is 11.3 Å². The predicted molar refractivity (Wildman–Crippen MR) is 174 cm³/mol. The molecule has 43 heavy (non-hydrogen) atoms. The molecule has 0 radical (unpaired) electrons. The molecular formula is C32H30FIN8O. The summed E-state index contributed by atoms with van der Waals surface area (Å²) < 4.78 is 15.8. The monoisotopic (exact) mass is 688 g/mol. The molecule has 0 saturated carbocycles. The summed E-state index contributed by atoms with van der Waals surface area (Å²) in [6.45, 7) is 2.81. The minimum absolute atomic E-state index is 0.123. The molecule has 0 unspecified atom stereocenters. The average molecular weight is 689 g/mol. The Balaban J connectivity index is 1.17. The summed E-state index contributed by atoms with van der Waals surface area (Å²) >= 11 is 2.25. The minimum Gasteiger partial charge on any atom is -0.342 e. The van der Waals surface area contributed by atoms with Gasteiger partial charge in [0.15, 0.2) is 5.96 Å². The molecule has 6 rings (SSSR count). The first-order chi connectivity index (χ1) is 20.7. The lowest BCUT2D eigenvalue weighted by atomic mass is 9.95. The van der Waals surface area contributed by atoms with Gasteiger partial charge in [0.2, 0.25) is 5.95 Å². The fraction of sp³-hybridized carbons (Fsp3) is 0.219. The third-order valence-corrected chi connectivity index (χ3v) is 8.10. The highest BCUT2D eigenvalue weighted by Crippen LogP contribution is 2.33. The number of benzene rings is 3. The van der Waals surface area contributed by atoms with Crippen LogP contribution in [0.25, 0.3) is 11.3 Å². The number of nitrogens with one attached hydrogen (secondary N) is 3. The van der Waals surface area contributed by atoms with Crippen molar-refractivity contribution < 1.29 is 9.18 Å². The Morgan fingerprint density at radius 2 is 1.84 bits per heavy atom. The first-order valence-electron chi connectivity index (χ1n) is 13.9. The highest BCUT2D eigenvalue weighted by atomic mass is 127. The molecule has 1 aromatic heterocycles. The van der Waals surface area contributed by atoms with Crippen LogP contribution in [0, 0.1) is 20.7 Å². The number of nitrogens with zero attached hydrogens (tertiary/aromatic N) is 5. The predicted octanol–water partition coefficient (Wildman–Crippen LogP) is 5.14. The number of halogens is 2. The SMILES string of the molecule is CN(C)CC1CN(C(=N)NC(=O)c2ccc(Nc3ncc4c(n3)-c3ccc(I)cc3C(c3ccccc3F)=NC4)cc2)C1. The second kappa shape index (κ2) is 12.2. The van der Waals surface area contributed by atoms with Crippen molar-refractivity contribution in [2.24, 2.45) is 10.9 Å². The van der Waals surface area contributed by atoms with Crippen LogP contribution < -0.4 is 10.6 Å². The zero-order valence-corrected chi connectivity index (χ0v) is 25.9. The first-order valence-corrected chi connectivity index (χ1v) is 15.0. The molecule has 11 heteroatoms. The zero-order chi connectivity index (χ0) is 30.1. The summed E-state index contributed by atoms with van der Waals surface area (Å²) in [5.41, 5.74) is 5.42. The van der Waals surface area contributed by atoms with Gasteiger partial charge in [-0.25, -0.2) is 14.4 Å². The van der Waals surface area contributed by atoms with Crippen LogP contribution in [0.15, 0.2) is 77.9 Å². The number of aliphatic imine (C=N–C) groups is 1. The largest absolute Gasteiger partial charge is 0.342 e. The number of carbonyl (C=O) groups excluding carboxylic acids is 1. The molecule has 2 aliphatic heterocycles. The highest BCUT2D eigenvalue weighted by molar-refractivity contribution is 14.1. The Morgan fingerprint density at radius 1 is 1.07 bits per heavy atom. The quantitative estimate of drug-likeness (QED) is 0.147. The lowest BCUT2D eigenvalue weighted by Gasteiger charge is -2.41. The van der Waals surface area contributed by atoms with E-state index in [0.29, 0.717) is 40.9 Å². The van der Waals surface area contributed by atoms with Crippen molar-refractivity contribution in [2.45, 2.75) is 6.54 Å². The molecular weight excluding hydrogens is 658 g/mol. The molecule has 0 bridgehead atoms. The standard InChI is InChI=1S/C32H30FIN8O/c1-41(2)16-19-17-42(18-19)31(35)40-30(43)20-7-10-23(11-8-20)38-32-37-15-21-14-36-29(25-5-3-4-6-27(25)33)26-13-22(34)9-12-24(26)28(21)39-32/h3-13,15,19H,14,16-18H2,1-2H3,(H2,35,40,43)(H,37,38,39). The van der Waals surface area contributed by atoms with Gasteiger partial charge in [-0.2, -0.15) is 0 Å². The Bertz CT molecular complexity index is 1730. The molecule has 1 saturated heterocycles. The van der Waals surface area contributed by atoms with E-state index in [1.54, 1.807) is 48.7 Å². The molecule has 0 aliphatic carbocycles. The van der Waals surface area contributed by atoms with E-state index >= 15 is 0 Å². The van der Waals surface area contributed by atoms with E-state index in [1.807, 2.05) is 37.2 Å². The second-order valence-electron chi connectivity index (χ2n) is 10.9. The van der Waals surface area contributed by atoms with Crippen LogP contribution in [0.2, 0.25) is 0 Å². The molecule has 1 amide bonds. The number of carbonyl (C=O) groups is 1. The fourth-order valence-corrected chi connectivity index (χ4v) is 5.84. The van der Waals surface area contributed by atoms with Gasteiger partial charge in [0, 0.05) is 68.8 Å². The topological polar surface area (TPSA) is 110 Å². The molecule has 2 aliphatic rings. The molecule has 4 aromatic rings. The van der Waals surface area contributed by atoms with E-state index in [4.69, 9.17) is 15.4 Å². The molecule has 3 N–H and O–H groups in total. The van der Waals surface area contributed by atoms with Crippen molar-refractivity contribution in [2.75, 3.05) is 39.0 Å². The van der Waals surface area contributed by atoms with Gasteiger partial charge in [-0.15, -0.1) is 0 Å². The molecule has 3 heterocycles. The number of guanidine groups is 1. The van der Waals surface area contributed by atoms with E-state index < -0.39 is 0 Å². The number of rotatable bonds is 6. The first kappa shape index (κ1) is 28.9. The maximum Gasteiger partial charge on any atom is 0.257 e. The van der Waals surface area contributed by atoms with Gasteiger partial charge < -0.3 is 15.1 Å². The van der Waals surface area contributed by atoms with E-state index in [-0.39, 0.29) is 17.7 Å². The summed E-state index contributed by atoms with van der Waals surface area (Å²) in [7, 11) is 4.07. The van der Waals surface area contributed by atoms with Crippen LogP contribution in [0.1, 0.15) is 27.0 Å². The third kappa shape index (κ3) is 6.27. The normalized spacial score (nSPS) is 14.3. The molecule has 218 valence electrons. The highest BCUT2D eigenvalue weighted by Gasteiger charge is 2.30. The Labute approximate surface area is 262 Å². The Kier molecular flexibility index (Phi) is 8.17. The number of fused-ring (bicyclic) bond motifs is 3. The van der Waals surface area contributed by atoms with Gasteiger partial charge in [0.05, 0.1) is 18.0 Å². The minimum atomic E-state index is -0.328. The molecule has 3 aromatic carbocycles. The summed E-state index contributed by atoms with van der Waals surface area (Å²) in [5, 5.41) is 14.2. The number of anilines is 2. The Hall–Kier alpha value is -4.23. The number of amides is 1. The maximum atomic E-state index is 14.8. The Morgan fingerprint density at radius 3 is 2.58 bits per heavy atom. The van der Waals surface area contributed by atoms with Crippen molar-refractivity contribution in [1.82, 2.24) is 25.1 Å². The van der Waals surface area contributed by atoms with Crippen LogP contribution in [0.3, 0.4) is 0 Å². The molecule has 9 nitrogen and oxygen atoms in total. The number of hydrogen-bond acceptors (Lipinski definition) is 7. The van der Waals surface area contributed by atoms with Gasteiger partial charge in [-0.1, -0.05) is 18.2 Å². The van der Waals surface area contributed by atoms with Crippen molar-refractivity contribution in [1.29, 1.82) is 5.41 Å². The van der Waals surface area contributed by atoms with Crippen LogP contribution >= 0.6 is 22.6 Å². The number of likely N-dealkylation sites (tertiary alicyclic amines) is 1. The van der Waals surface area contributed by atoms with Gasteiger partial charge in [-0.05, 0) is 85.2 Å². The second-order valence-corrected chi connectivity index (χ2v) is 12.2. The molecule has 1 fully saturated rings. The van der Waals surface area contributed by atoms with Crippen LogP contribution in [-0.2, 0) is 6.54 Å². The van der Waals surface area contributed by atoms with E-state index in [0.717, 1.165) is 45.6 Å². The third-order valence-electron chi connectivity index (χ3n) is 7.42. The van der Waals surface area contributed by atoms with E-state index in [2.05, 4.69) is 43.1 Å². The summed E-state index contributed by atoms with van der Waals surface area (Å²) in [5.74, 6) is 0.366. The summed E-state index contributed by atoms with van der Waals surface area (Å²) in [4.78, 5) is 30.9. The summed E-state index contributed by atoms with van der Waals surface area (Å²) in [6.07, 6.45) is 1.74. The van der Waals surface area contributed by atoms with Crippen molar-refractivity contribution >= 4 is 51.8 Å². The van der Waals surface area contributed by atoms with Crippen LogP contribution in [0.4, 0.5) is 16.0 Å². The molecule has 0 spiro atoms. The van der Waals surface area contributed by atoms with Crippen LogP contribution in [-0.4, -0.2) is 71.1 Å². The number of hydrogen-bond donors (Lipinski definition) is 3.